The Balaban J connectivity index is 1.59. The average Bonchev–Trinajstić information content (AvgIpc) is 3.31. The topological polar surface area (TPSA) is 43.3 Å². The molecule has 25 heavy (non-hydrogen) atoms. The molecule has 3 aromatic rings. The third kappa shape index (κ3) is 3.48. The molecule has 0 unspecified atom stereocenters. The van der Waals surface area contributed by atoms with Crippen LogP contribution in [0.4, 0.5) is 0 Å². The molecule has 130 valence electrons. The Kier molecular flexibility index (Phi) is 4.59. The van der Waals surface area contributed by atoms with Gasteiger partial charge in [0.15, 0.2) is 0 Å². The van der Waals surface area contributed by atoms with E-state index in [0.29, 0.717) is 13.1 Å². The van der Waals surface area contributed by atoms with Gasteiger partial charge < -0.3 is 14.6 Å². The summed E-state index contributed by atoms with van der Waals surface area (Å²) in [7, 11) is 0. The number of carbonyl (C=O) groups excluding carboxylic acids is 1. The van der Waals surface area contributed by atoms with Crippen molar-refractivity contribution in [1.29, 1.82) is 0 Å². The lowest BCUT2D eigenvalue weighted by Gasteiger charge is -2.13. The van der Waals surface area contributed by atoms with Crippen LogP contribution in [0.2, 0.25) is 0 Å². The normalized spacial score (nSPS) is 17.2. The van der Waals surface area contributed by atoms with Gasteiger partial charge in [-0.15, -0.1) is 11.3 Å². The quantitative estimate of drug-likeness (QED) is 0.753. The number of ether oxygens (including phenoxy) is 1. The number of rotatable bonds is 5. The Bertz CT molecular complexity index is 890. The molecule has 1 aromatic carbocycles. The third-order valence-electron chi connectivity index (χ3n) is 4.69. The lowest BCUT2D eigenvalue weighted by molar-refractivity contribution is 0.0851. The number of aryl methyl sites for hydroxylation is 1. The van der Waals surface area contributed by atoms with Crippen molar-refractivity contribution in [3.05, 3.63) is 58.6 Å². The fourth-order valence-corrected chi connectivity index (χ4v) is 4.25. The summed E-state index contributed by atoms with van der Waals surface area (Å²) in [5, 5.41) is 5.12. The zero-order chi connectivity index (χ0) is 17.2. The summed E-state index contributed by atoms with van der Waals surface area (Å²) in [6, 6.07) is 12.5. The zero-order valence-corrected chi connectivity index (χ0v) is 15.1. The van der Waals surface area contributed by atoms with Crippen LogP contribution in [0, 0.1) is 6.92 Å². The Morgan fingerprint density at radius 1 is 1.36 bits per heavy atom. The first kappa shape index (κ1) is 16.4. The van der Waals surface area contributed by atoms with E-state index in [2.05, 4.69) is 52.5 Å². The molecule has 1 N–H and O–H groups in total. The van der Waals surface area contributed by atoms with Crippen molar-refractivity contribution in [2.75, 3.05) is 13.2 Å². The summed E-state index contributed by atoms with van der Waals surface area (Å²) in [6.07, 6.45) is 2.27. The van der Waals surface area contributed by atoms with E-state index in [4.69, 9.17) is 4.74 Å². The Hall–Kier alpha value is -2.11. The summed E-state index contributed by atoms with van der Waals surface area (Å²) in [5.41, 5.74) is 4.28. The molecule has 1 aliphatic rings. The number of carbonyl (C=O) groups is 1. The largest absolute Gasteiger partial charge is 0.376 e. The van der Waals surface area contributed by atoms with E-state index in [-0.39, 0.29) is 12.0 Å². The summed E-state index contributed by atoms with van der Waals surface area (Å²) >= 11 is 1.67. The highest BCUT2D eigenvalue weighted by Crippen LogP contribution is 2.26. The van der Waals surface area contributed by atoms with Crippen molar-refractivity contribution in [1.82, 2.24) is 9.88 Å². The third-order valence-corrected chi connectivity index (χ3v) is 5.55. The van der Waals surface area contributed by atoms with Gasteiger partial charge in [0.1, 0.15) is 5.69 Å². The van der Waals surface area contributed by atoms with Crippen LogP contribution in [0.15, 0.2) is 41.8 Å². The van der Waals surface area contributed by atoms with Gasteiger partial charge in [-0.2, -0.15) is 0 Å². The second-order valence-electron chi connectivity index (χ2n) is 6.62. The fourth-order valence-electron chi connectivity index (χ4n) is 3.43. The molecule has 1 aliphatic heterocycles. The Morgan fingerprint density at radius 2 is 2.28 bits per heavy atom. The van der Waals surface area contributed by atoms with Crippen LogP contribution in [-0.4, -0.2) is 29.7 Å². The van der Waals surface area contributed by atoms with E-state index >= 15 is 0 Å². The van der Waals surface area contributed by atoms with E-state index < -0.39 is 0 Å². The first-order valence-corrected chi connectivity index (χ1v) is 9.61. The molecule has 1 saturated heterocycles. The second-order valence-corrected chi connectivity index (χ2v) is 7.57. The van der Waals surface area contributed by atoms with Crippen molar-refractivity contribution < 1.29 is 9.53 Å². The molecular formula is C20H22N2O2S. The highest BCUT2D eigenvalue weighted by atomic mass is 32.1. The predicted octanol–water partition coefficient (Wildman–Crippen LogP) is 3.97. The van der Waals surface area contributed by atoms with E-state index in [1.807, 2.05) is 6.07 Å². The van der Waals surface area contributed by atoms with E-state index in [1.54, 1.807) is 11.3 Å². The first-order valence-electron chi connectivity index (χ1n) is 8.73. The molecule has 0 radical (unpaired) electrons. The summed E-state index contributed by atoms with van der Waals surface area (Å²) in [4.78, 5) is 12.8. The van der Waals surface area contributed by atoms with Crippen molar-refractivity contribution in [2.45, 2.75) is 32.4 Å². The molecule has 1 fully saturated rings. The lowest BCUT2D eigenvalue weighted by atomic mass is 10.1. The Labute approximate surface area is 151 Å². The number of benzene rings is 1. The molecule has 5 heteroatoms. The minimum Gasteiger partial charge on any atom is -0.376 e. The van der Waals surface area contributed by atoms with Crippen molar-refractivity contribution in [3.8, 4) is 0 Å². The van der Waals surface area contributed by atoms with Crippen molar-refractivity contribution in [3.63, 3.8) is 0 Å². The van der Waals surface area contributed by atoms with Crippen molar-refractivity contribution >= 4 is 27.5 Å². The molecule has 4 nitrogen and oxygen atoms in total. The van der Waals surface area contributed by atoms with Gasteiger partial charge in [-0.1, -0.05) is 29.8 Å². The summed E-state index contributed by atoms with van der Waals surface area (Å²) < 4.78 is 8.87. The monoisotopic (exact) mass is 354 g/mol. The van der Waals surface area contributed by atoms with Crippen LogP contribution in [-0.2, 0) is 11.3 Å². The Morgan fingerprint density at radius 3 is 3.08 bits per heavy atom. The zero-order valence-electron chi connectivity index (χ0n) is 14.3. The van der Waals surface area contributed by atoms with Gasteiger partial charge in [0, 0.05) is 19.7 Å². The summed E-state index contributed by atoms with van der Waals surface area (Å²) in [6.45, 7) is 4.18. The van der Waals surface area contributed by atoms with E-state index in [9.17, 15) is 4.79 Å². The average molecular weight is 354 g/mol. The number of hydrogen-bond acceptors (Lipinski definition) is 3. The molecule has 0 aliphatic carbocycles. The number of fused-ring (bicyclic) bond motifs is 1. The molecule has 4 rings (SSSR count). The van der Waals surface area contributed by atoms with Gasteiger partial charge in [0.2, 0.25) is 0 Å². The number of nitrogens with zero attached hydrogens (tertiary/aromatic N) is 1. The molecule has 2 aromatic heterocycles. The van der Waals surface area contributed by atoms with Gasteiger partial charge in [0.05, 0.1) is 16.3 Å². The van der Waals surface area contributed by atoms with Gasteiger partial charge in [-0.25, -0.2) is 0 Å². The van der Waals surface area contributed by atoms with Gasteiger partial charge in [-0.05, 0) is 42.8 Å². The molecule has 0 saturated carbocycles. The van der Waals surface area contributed by atoms with Crippen LogP contribution >= 0.6 is 11.3 Å². The number of hydrogen-bond donors (Lipinski definition) is 1. The summed E-state index contributed by atoms with van der Waals surface area (Å²) in [5.74, 6) is -0.0217. The molecule has 1 atom stereocenters. The number of aromatic nitrogens is 1. The maximum Gasteiger partial charge on any atom is 0.268 e. The first-order chi connectivity index (χ1) is 12.2. The maximum absolute atomic E-state index is 12.8. The SMILES string of the molecule is Cc1cccc(Cn2c(C(=O)NC[C@@H]3CCCO3)cc3sccc32)c1. The number of amides is 1. The van der Waals surface area contributed by atoms with Crippen LogP contribution in [0.1, 0.15) is 34.5 Å². The standard InChI is InChI=1S/C20H22N2O2S/c1-14-4-2-5-15(10-14)13-22-17-7-9-25-19(17)11-18(22)20(23)21-12-16-6-3-8-24-16/h2,4-5,7,9-11,16H,3,6,8,12-13H2,1H3,(H,21,23)/t16-/m0/s1. The van der Waals surface area contributed by atoms with Crippen LogP contribution in [0.25, 0.3) is 10.2 Å². The lowest BCUT2D eigenvalue weighted by Crippen LogP contribution is -2.33. The minimum absolute atomic E-state index is 0.0217. The second kappa shape index (κ2) is 7.02. The van der Waals surface area contributed by atoms with Gasteiger partial charge in [0.25, 0.3) is 5.91 Å². The highest BCUT2D eigenvalue weighted by molar-refractivity contribution is 7.17. The molecular weight excluding hydrogens is 332 g/mol. The molecule has 0 bridgehead atoms. The number of nitrogens with one attached hydrogen (secondary N) is 1. The smallest absolute Gasteiger partial charge is 0.268 e. The van der Waals surface area contributed by atoms with Gasteiger partial charge >= 0.3 is 0 Å². The van der Waals surface area contributed by atoms with Crippen LogP contribution < -0.4 is 5.32 Å². The van der Waals surface area contributed by atoms with E-state index in [1.165, 1.54) is 11.1 Å². The highest BCUT2D eigenvalue weighted by Gasteiger charge is 2.20. The number of thiophene rings is 1. The van der Waals surface area contributed by atoms with Crippen LogP contribution in [0.3, 0.4) is 0 Å². The van der Waals surface area contributed by atoms with Crippen molar-refractivity contribution in [2.24, 2.45) is 0 Å². The van der Waals surface area contributed by atoms with E-state index in [0.717, 1.165) is 35.4 Å². The van der Waals surface area contributed by atoms with Gasteiger partial charge in [-0.3, -0.25) is 4.79 Å². The molecule has 3 heterocycles. The molecule has 1 amide bonds. The molecule has 0 spiro atoms. The minimum atomic E-state index is -0.0217. The predicted molar refractivity (Wildman–Crippen MR) is 101 cm³/mol. The fraction of sp³-hybridized carbons (Fsp3) is 0.350. The maximum atomic E-state index is 12.8. The van der Waals surface area contributed by atoms with Crippen LogP contribution in [0.5, 0.6) is 0 Å².